The molecule has 0 unspecified atom stereocenters. The smallest absolute Gasteiger partial charge is 0.354 e. The second-order valence-electron chi connectivity index (χ2n) is 3.92. The van der Waals surface area contributed by atoms with Crippen molar-refractivity contribution < 1.29 is 9.90 Å². The van der Waals surface area contributed by atoms with E-state index in [1.54, 1.807) is 23.6 Å². The molecule has 0 aliphatic heterocycles. The monoisotopic (exact) mass is 263 g/mol. The van der Waals surface area contributed by atoms with Crippen molar-refractivity contribution in [3.8, 4) is 0 Å². The van der Waals surface area contributed by atoms with Gasteiger partial charge in [0.25, 0.3) is 0 Å². The van der Waals surface area contributed by atoms with Crippen LogP contribution in [0.15, 0.2) is 23.7 Å². The minimum Gasteiger partial charge on any atom is -0.477 e. The third-order valence-corrected chi connectivity index (χ3v) is 3.30. The van der Waals surface area contributed by atoms with Crippen molar-refractivity contribution in [2.24, 2.45) is 0 Å². The van der Waals surface area contributed by atoms with E-state index >= 15 is 0 Å². The number of carboxylic acids is 1. The summed E-state index contributed by atoms with van der Waals surface area (Å²) >= 11 is 1.62. The summed E-state index contributed by atoms with van der Waals surface area (Å²) in [6.07, 6.45) is 1.56. The third-order valence-electron chi connectivity index (χ3n) is 2.47. The van der Waals surface area contributed by atoms with Gasteiger partial charge >= 0.3 is 5.97 Å². The number of pyridine rings is 1. The molecule has 18 heavy (non-hydrogen) atoms. The number of hydrogen-bond acceptors (Lipinski definition) is 5. The van der Waals surface area contributed by atoms with Gasteiger partial charge in [0.1, 0.15) is 5.69 Å². The molecule has 2 aromatic rings. The normalized spacial score (nSPS) is 10.3. The van der Waals surface area contributed by atoms with Gasteiger partial charge in [-0.05, 0) is 19.1 Å². The van der Waals surface area contributed by atoms with Crippen LogP contribution in [0.3, 0.4) is 0 Å². The van der Waals surface area contributed by atoms with Crippen LogP contribution in [-0.4, -0.2) is 28.1 Å². The highest BCUT2D eigenvalue weighted by Gasteiger charge is 2.08. The van der Waals surface area contributed by atoms with E-state index in [1.807, 2.05) is 24.3 Å². The highest BCUT2D eigenvalue weighted by Crippen LogP contribution is 2.16. The highest BCUT2D eigenvalue weighted by molar-refractivity contribution is 7.09. The Bertz CT molecular complexity index is 551. The topological polar surface area (TPSA) is 66.3 Å². The molecule has 5 nitrogen and oxygen atoms in total. The van der Waals surface area contributed by atoms with Crippen molar-refractivity contribution in [3.05, 3.63) is 40.1 Å². The number of thiazole rings is 1. The standard InChI is InChI=1S/C12H13N3O2S/c1-8-14-9(7-18-8)6-15(2)10-3-4-11(12(16)17)13-5-10/h3-5,7H,6H2,1-2H3,(H,16,17). The van der Waals surface area contributed by atoms with E-state index < -0.39 is 5.97 Å². The Labute approximate surface area is 109 Å². The van der Waals surface area contributed by atoms with Gasteiger partial charge < -0.3 is 10.0 Å². The molecule has 0 atom stereocenters. The van der Waals surface area contributed by atoms with Gasteiger partial charge in [0, 0.05) is 12.4 Å². The number of rotatable bonds is 4. The lowest BCUT2D eigenvalue weighted by atomic mass is 10.3. The first-order valence-electron chi connectivity index (χ1n) is 5.38. The number of hydrogen-bond donors (Lipinski definition) is 1. The second kappa shape index (κ2) is 5.14. The van der Waals surface area contributed by atoms with E-state index in [4.69, 9.17) is 5.11 Å². The van der Waals surface area contributed by atoms with Gasteiger partial charge in [-0.2, -0.15) is 0 Å². The van der Waals surface area contributed by atoms with E-state index in [-0.39, 0.29) is 5.69 Å². The molecule has 0 saturated heterocycles. The van der Waals surface area contributed by atoms with Gasteiger partial charge in [0.2, 0.25) is 0 Å². The number of aryl methyl sites for hydroxylation is 1. The Morgan fingerprint density at radius 3 is 2.78 bits per heavy atom. The molecule has 0 fully saturated rings. The molecular formula is C12H13N3O2S. The lowest BCUT2D eigenvalue weighted by molar-refractivity contribution is 0.0690. The molecule has 0 amide bonds. The number of nitrogens with zero attached hydrogens (tertiary/aromatic N) is 3. The molecule has 0 aromatic carbocycles. The summed E-state index contributed by atoms with van der Waals surface area (Å²) < 4.78 is 0. The van der Waals surface area contributed by atoms with Crippen LogP contribution in [0.2, 0.25) is 0 Å². The van der Waals surface area contributed by atoms with Crippen LogP contribution >= 0.6 is 11.3 Å². The second-order valence-corrected chi connectivity index (χ2v) is 4.98. The number of aromatic nitrogens is 2. The summed E-state index contributed by atoms with van der Waals surface area (Å²) in [4.78, 5) is 20.9. The van der Waals surface area contributed by atoms with E-state index in [0.717, 1.165) is 16.4 Å². The van der Waals surface area contributed by atoms with Crippen LogP contribution in [0, 0.1) is 6.92 Å². The Kier molecular flexibility index (Phi) is 3.57. The van der Waals surface area contributed by atoms with Crippen LogP contribution in [0.25, 0.3) is 0 Å². The lowest BCUT2D eigenvalue weighted by Crippen LogP contribution is -2.17. The minimum atomic E-state index is -1.01. The van der Waals surface area contributed by atoms with Crippen molar-refractivity contribution in [1.82, 2.24) is 9.97 Å². The first kappa shape index (κ1) is 12.5. The quantitative estimate of drug-likeness (QED) is 0.915. The van der Waals surface area contributed by atoms with Crippen LogP contribution < -0.4 is 4.90 Å². The van der Waals surface area contributed by atoms with Crippen LogP contribution in [-0.2, 0) is 6.54 Å². The largest absolute Gasteiger partial charge is 0.477 e. The van der Waals surface area contributed by atoms with E-state index in [1.165, 1.54) is 6.07 Å². The fraction of sp³-hybridized carbons (Fsp3) is 0.250. The van der Waals surface area contributed by atoms with Crippen molar-refractivity contribution in [2.75, 3.05) is 11.9 Å². The summed E-state index contributed by atoms with van der Waals surface area (Å²) in [5, 5.41) is 11.8. The predicted molar refractivity (Wildman–Crippen MR) is 70.2 cm³/mol. The number of carboxylic acid groups (broad SMARTS) is 1. The van der Waals surface area contributed by atoms with Gasteiger partial charge in [-0.25, -0.2) is 14.8 Å². The SMILES string of the molecule is Cc1nc(CN(C)c2ccc(C(=O)O)nc2)cs1. The van der Waals surface area contributed by atoms with Crippen LogP contribution in [0.5, 0.6) is 0 Å². The molecule has 0 radical (unpaired) electrons. The van der Waals surface area contributed by atoms with E-state index in [2.05, 4.69) is 9.97 Å². The Hall–Kier alpha value is -1.95. The molecule has 2 heterocycles. The number of anilines is 1. The van der Waals surface area contributed by atoms with Crippen LogP contribution in [0.1, 0.15) is 21.2 Å². The fourth-order valence-electron chi connectivity index (χ4n) is 1.55. The molecule has 0 aliphatic carbocycles. The van der Waals surface area contributed by atoms with Crippen LogP contribution in [0.4, 0.5) is 5.69 Å². The Morgan fingerprint density at radius 2 is 2.28 bits per heavy atom. The van der Waals surface area contributed by atoms with Gasteiger partial charge in [-0.15, -0.1) is 11.3 Å². The average Bonchev–Trinajstić information content (AvgIpc) is 2.75. The van der Waals surface area contributed by atoms with E-state index in [0.29, 0.717) is 6.54 Å². The molecule has 0 aliphatic rings. The Balaban J connectivity index is 2.09. The summed E-state index contributed by atoms with van der Waals surface area (Å²) in [6.45, 7) is 2.65. The van der Waals surface area contributed by atoms with Crippen molar-refractivity contribution in [3.63, 3.8) is 0 Å². The first-order chi connectivity index (χ1) is 8.56. The van der Waals surface area contributed by atoms with Crippen molar-refractivity contribution in [2.45, 2.75) is 13.5 Å². The molecule has 0 spiro atoms. The zero-order chi connectivity index (χ0) is 13.1. The molecule has 94 valence electrons. The summed E-state index contributed by atoms with van der Waals surface area (Å²) in [5.41, 5.74) is 1.92. The first-order valence-corrected chi connectivity index (χ1v) is 6.25. The Morgan fingerprint density at radius 1 is 1.50 bits per heavy atom. The van der Waals surface area contributed by atoms with Crippen molar-refractivity contribution in [1.29, 1.82) is 0 Å². The zero-order valence-electron chi connectivity index (χ0n) is 10.1. The summed E-state index contributed by atoms with van der Waals surface area (Å²) in [6, 6.07) is 3.25. The molecule has 2 aromatic heterocycles. The molecule has 0 bridgehead atoms. The van der Waals surface area contributed by atoms with Gasteiger partial charge in [0.05, 0.1) is 29.1 Å². The predicted octanol–water partition coefficient (Wildman–Crippen LogP) is 2.18. The molecule has 2 rings (SSSR count). The lowest BCUT2D eigenvalue weighted by Gasteiger charge is -2.17. The molecule has 0 saturated carbocycles. The maximum Gasteiger partial charge on any atom is 0.354 e. The fourth-order valence-corrected chi connectivity index (χ4v) is 2.16. The molecule has 6 heteroatoms. The third kappa shape index (κ3) is 2.84. The van der Waals surface area contributed by atoms with Crippen molar-refractivity contribution >= 4 is 23.0 Å². The average molecular weight is 263 g/mol. The summed E-state index contributed by atoms with van der Waals surface area (Å²) in [7, 11) is 1.92. The van der Waals surface area contributed by atoms with E-state index in [9.17, 15) is 4.79 Å². The minimum absolute atomic E-state index is 0.0525. The number of carbonyl (C=O) groups is 1. The molecular weight excluding hydrogens is 250 g/mol. The molecule has 1 N–H and O–H groups in total. The van der Waals surface area contributed by atoms with Gasteiger partial charge in [-0.1, -0.05) is 0 Å². The van der Waals surface area contributed by atoms with Gasteiger partial charge in [-0.3, -0.25) is 0 Å². The maximum absolute atomic E-state index is 10.7. The van der Waals surface area contributed by atoms with Gasteiger partial charge in [0.15, 0.2) is 0 Å². The number of aromatic carboxylic acids is 1. The zero-order valence-corrected chi connectivity index (χ0v) is 10.9. The highest BCUT2D eigenvalue weighted by atomic mass is 32.1. The summed E-state index contributed by atoms with van der Waals surface area (Å²) in [5.74, 6) is -1.01. The maximum atomic E-state index is 10.7.